The second kappa shape index (κ2) is 8.17. The third-order valence-electron chi connectivity index (χ3n) is 6.28. The number of fused-ring (bicyclic) bond motifs is 1. The van der Waals surface area contributed by atoms with Crippen LogP contribution in [0, 0.1) is 21.3 Å². The summed E-state index contributed by atoms with van der Waals surface area (Å²) in [4.78, 5) is 0. The Bertz CT molecular complexity index is 449. The van der Waals surface area contributed by atoms with Crippen LogP contribution in [-0.2, 0) is 0 Å². The molecular weight excluding hydrogens is 379 g/mol. The third kappa shape index (κ3) is 4.27. The molecule has 0 nitrogen and oxygen atoms in total. The van der Waals surface area contributed by atoms with Gasteiger partial charge in [0.05, 0.1) is 0 Å². The summed E-state index contributed by atoms with van der Waals surface area (Å²) in [6.07, 6.45) is 14.8. The number of halogens is 1. The van der Waals surface area contributed by atoms with E-state index in [4.69, 9.17) is 0 Å². The smallest absolute Gasteiger partial charge is 0.0130 e. The first-order valence-electron chi connectivity index (χ1n) is 9.51. The van der Waals surface area contributed by atoms with Crippen molar-refractivity contribution in [3.05, 3.63) is 33.4 Å². The molecule has 0 heterocycles. The SMILES string of the molecule is CCCCCC1CC[C@@H]2C[C@H](c3ccc(I)cc3)CC[C@@H]2C1. The largest absolute Gasteiger partial charge is 0.0654 e. The summed E-state index contributed by atoms with van der Waals surface area (Å²) < 4.78 is 1.36. The molecule has 2 fully saturated rings. The van der Waals surface area contributed by atoms with Crippen LogP contribution in [0.4, 0.5) is 0 Å². The molecule has 3 rings (SSSR count). The Kier molecular flexibility index (Phi) is 6.24. The first kappa shape index (κ1) is 16.8. The summed E-state index contributed by atoms with van der Waals surface area (Å²) in [6, 6.07) is 9.32. The topological polar surface area (TPSA) is 0 Å². The van der Waals surface area contributed by atoms with Crippen LogP contribution in [-0.4, -0.2) is 0 Å². The minimum Gasteiger partial charge on any atom is -0.0654 e. The number of hydrogen-bond acceptors (Lipinski definition) is 0. The molecule has 0 saturated heterocycles. The van der Waals surface area contributed by atoms with Crippen molar-refractivity contribution in [1.82, 2.24) is 0 Å². The molecule has 122 valence electrons. The molecule has 0 N–H and O–H groups in total. The first-order valence-corrected chi connectivity index (χ1v) is 10.6. The van der Waals surface area contributed by atoms with Crippen molar-refractivity contribution in [2.45, 2.75) is 77.0 Å². The Morgan fingerprint density at radius 2 is 1.64 bits per heavy atom. The quantitative estimate of drug-likeness (QED) is 0.357. The van der Waals surface area contributed by atoms with Gasteiger partial charge in [0, 0.05) is 3.57 Å². The lowest BCUT2D eigenvalue weighted by Crippen LogP contribution is -2.30. The van der Waals surface area contributed by atoms with E-state index in [2.05, 4.69) is 53.8 Å². The maximum Gasteiger partial charge on any atom is 0.0130 e. The van der Waals surface area contributed by atoms with E-state index >= 15 is 0 Å². The lowest BCUT2D eigenvalue weighted by Gasteiger charge is -2.42. The second-order valence-corrected chi connectivity index (χ2v) is 9.00. The molecule has 22 heavy (non-hydrogen) atoms. The van der Waals surface area contributed by atoms with E-state index in [0.717, 1.165) is 23.7 Å². The number of unbranched alkanes of at least 4 members (excludes halogenated alkanes) is 2. The van der Waals surface area contributed by atoms with Crippen LogP contribution in [0.15, 0.2) is 24.3 Å². The molecule has 0 spiro atoms. The molecule has 1 aromatic rings. The van der Waals surface area contributed by atoms with Gasteiger partial charge in [0.15, 0.2) is 0 Å². The van der Waals surface area contributed by atoms with Crippen LogP contribution in [0.2, 0.25) is 0 Å². The molecule has 0 aromatic heterocycles. The summed E-state index contributed by atoms with van der Waals surface area (Å²) in [5, 5.41) is 0. The predicted octanol–water partition coefficient (Wildman–Crippen LogP) is 7.17. The average Bonchev–Trinajstić information content (AvgIpc) is 2.55. The Labute approximate surface area is 150 Å². The minimum absolute atomic E-state index is 0.842. The fraction of sp³-hybridized carbons (Fsp3) is 0.714. The molecule has 2 aliphatic carbocycles. The van der Waals surface area contributed by atoms with Gasteiger partial charge < -0.3 is 0 Å². The summed E-state index contributed by atoms with van der Waals surface area (Å²) in [5.74, 6) is 3.98. The van der Waals surface area contributed by atoms with E-state index in [9.17, 15) is 0 Å². The van der Waals surface area contributed by atoms with Gasteiger partial charge in [-0.1, -0.05) is 51.2 Å². The van der Waals surface area contributed by atoms with Gasteiger partial charge in [-0.3, -0.25) is 0 Å². The third-order valence-corrected chi connectivity index (χ3v) is 7.00. The van der Waals surface area contributed by atoms with Crippen molar-refractivity contribution in [3.8, 4) is 0 Å². The predicted molar refractivity (Wildman–Crippen MR) is 104 cm³/mol. The van der Waals surface area contributed by atoms with Crippen molar-refractivity contribution in [2.24, 2.45) is 17.8 Å². The van der Waals surface area contributed by atoms with Gasteiger partial charge in [-0.2, -0.15) is 0 Å². The van der Waals surface area contributed by atoms with Crippen LogP contribution < -0.4 is 0 Å². The highest BCUT2D eigenvalue weighted by Gasteiger charge is 2.35. The van der Waals surface area contributed by atoms with Gasteiger partial charge in [0.25, 0.3) is 0 Å². The summed E-state index contributed by atoms with van der Waals surface area (Å²) in [5.41, 5.74) is 1.60. The highest BCUT2D eigenvalue weighted by molar-refractivity contribution is 14.1. The van der Waals surface area contributed by atoms with Crippen molar-refractivity contribution in [2.75, 3.05) is 0 Å². The fourth-order valence-electron chi connectivity index (χ4n) is 4.97. The highest BCUT2D eigenvalue weighted by atomic mass is 127. The Morgan fingerprint density at radius 3 is 2.41 bits per heavy atom. The number of hydrogen-bond donors (Lipinski definition) is 0. The van der Waals surface area contributed by atoms with E-state index in [-0.39, 0.29) is 0 Å². The van der Waals surface area contributed by atoms with Gasteiger partial charge in [0.1, 0.15) is 0 Å². The molecule has 2 aliphatic rings. The van der Waals surface area contributed by atoms with Crippen molar-refractivity contribution in [3.63, 3.8) is 0 Å². The van der Waals surface area contributed by atoms with Crippen molar-refractivity contribution in [1.29, 1.82) is 0 Å². The molecule has 0 bridgehead atoms. The molecule has 1 heteroatoms. The molecule has 2 saturated carbocycles. The van der Waals surface area contributed by atoms with Crippen LogP contribution in [0.3, 0.4) is 0 Å². The Hall–Kier alpha value is -0.0500. The monoisotopic (exact) mass is 410 g/mol. The molecule has 1 unspecified atom stereocenters. The minimum atomic E-state index is 0.842. The average molecular weight is 410 g/mol. The van der Waals surface area contributed by atoms with E-state index in [1.54, 1.807) is 12.0 Å². The zero-order valence-electron chi connectivity index (χ0n) is 14.1. The highest BCUT2D eigenvalue weighted by Crippen LogP contribution is 2.48. The number of benzene rings is 1. The van der Waals surface area contributed by atoms with Gasteiger partial charge in [-0.25, -0.2) is 0 Å². The van der Waals surface area contributed by atoms with Gasteiger partial charge in [0.2, 0.25) is 0 Å². The van der Waals surface area contributed by atoms with Crippen molar-refractivity contribution < 1.29 is 0 Å². The summed E-state index contributed by atoms with van der Waals surface area (Å²) >= 11 is 2.41. The maximum absolute atomic E-state index is 2.41. The van der Waals surface area contributed by atoms with Gasteiger partial charge in [-0.05, 0) is 96.1 Å². The molecule has 1 aromatic carbocycles. The summed E-state index contributed by atoms with van der Waals surface area (Å²) in [7, 11) is 0. The molecule has 0 radical (unpaired) electrons. The van der Waals surface area contributed by atoms with E-state index in [1.807, 2.05) is 0 Å². The van der Waals surface area contributed by atoms with Crippen LogP contribution in [0.25, 0.3) is 0 Å². The molecular formula is C21H31I. The zero-order valence-corrected chi connectivity index (χ0v) is 16.2. The fourth-order valence-corrected chi connectivity index (χ4v) is 5.33. The van der Waals surface area contributed by atoms with E-state index in [1.165, 1.54) is 61.4 Å². The zero-order chi connectivity index (χ0) is 15.4. The summed E-state index contributed by atoms with van der Waals surface area (Å²) in [6.45, 7) is 2.32. The molecule has 4 atom stereocenters. The number of rotatable bonds is 5. The standard InChI is InChI=1S/C21H31I/c1-2-3-4-5-16-6-7-20-15-19(9-8-18(20)14-16)17-10-12-21(22)13-11-17/h10-13,16,18-20H,2-9,14-15H2,1H3/t16?,18-,19-,20-/m1/s1. The van der Waals surface area contributed by atoms with E-state index in [0.29, 0.717) is 0 Å². The first-order chi connectivity index (χ1) is 10.8. The molecule has 0 aliphatic heterocycles. The van der Waals surface area contributed by atoms with Gasteiger partial charge in [-0.15, -0.1) is 0 Å². The lowest BCUT2D eigenvalue weighted by atomic mass is 9.63. The lowest BCUT2D eigenvalue weighted by molar-refractivity contribution is 0.113. The van der Waals surface area contributed by atoms with Crippen LogP contribution >= 0.6 is 22.6 Å². The van der Waals surface area contributed by atoms with Gasteiger partial charge >= 0.3 is 0 Å². The second-order valence-electron chi connectivity index (χ2n) is 7.76. The van der Waals surface area contributed by atoms with Crippen LogP contribution in [0.5, 0.6) is 0 Å². The van der Waals surface area contributed by atoms with Crippen LogP contribution in [0.1, 0.15) is 82.6 Å². The molecule has 0 amide bonds. The van der Waals surface area contributed by atoms with E-state index < -0.39 is 0 Å². The van der Waals surface area contributed by atoms with Crippen molar-refractivity contribution >= 4 is 22.6 Å². The Balaban J connectivity index is 1.52. The normalized spacial score (nSPS) is 31.7. The maximum atomic E-state index is 2.41. The Morgan fingerprint density at radius 1 is 0.909 bits per heavy atom.